The summed E-state index contributed by atoms with van der Waals surface area (Å²) in [5.74, 6) is -2.47. The van der Waals surface area contributed by atoms with Gasteiger partial charge in [0, 0.05) is 29.9 Å². The minimum atomic E-state index is -3.86. The highest BCUT2D eigenvalue weighted by atomic mass is 32.2. The number of sulfonamides is 1. The standard InChI is InChI=1S/C32H33N5O8S/c1-2-18-16-32(18,30(40)36-46(42,43)20-11-12-20)34-28(38)26-15-19(17-37(26)29(39)25-13-14-44-31(41)33-25)45-35-27-23-9-5-3-7-21(23)22-8-4-6-10-24(22)27/h2-10,18-20,25-26H,1,11-17H2,(H,33,41)(H,34,38)(H,36,40)/t18-,19-,25+,26+,32-/m1/s1. The summed E-state index contributed by atoms with van der Waals surface area (Å²) in [7, 11) is -3.86. The van der Waals surface area contributed by atoms with E-state index in [1.807, 2.05) is 48.5 Å². The van der Waals surface area contributed by atoms with Gasteiger partial charge < -0.3 is 25.1 Å². The van der Waals surface area contributed by atoms with E-state index in [2.05, 4.69) is 27.1 Å². The monoisotopic (exact) mass is 647 g/mol. The Morgan fingerprint density at radius 3 is 2.28 bits per heavy atom. The molecule has 2 aliphatic heterocycles. The molecule has 7 rings (SSSR count). The Morgan fingerprint density at radius 1 is 1.04 bits per heavy atom. The summed E-state index contributed by atoms with van der Waals surface area (Å²) in [4.78, 5) is 60.1. The summed E-state index contributed by atoms with van der Waals surface area (Å²) < 4.78 is 32.1. The minimum absolute atomic E-state index is 0.00956. The van der Waals surface area contributed by atoms with Crippen molar-refractivity contribution < 1.29 is 37.2 Å². The van der Waals surface area contributed by atoms with Crippen molar-refractivity contribution in [2.45, 2.75) is 61.1 Å². The molecule has 2 heterocycles. The number of nitrogens with one attached hydrogen (secondary N) is 3. The zero-order valence-electron chi connectivity index (χ0n) is 24.8. The largest absolute Gasteiger partial charge is 0.449 e. The van der Waals surface area contributed by atoms with Crippen LogP contribution in [0, 0.1) is 5.92 Å². The molecule has 4 fully saturated rings. The SMILES string of the molecule is C=C[C@@H]1C[C@]1(NC(=O)[C@@H]1C[C@@H](ON=C2c3ccccc3-c3ccccc32)CN1C(=O)[C@@H]1CCOC(=O)N1)C(=O)NS(=O)(=O)C1CC1. The number of cyclic esters (lactones) is 1. The van der Waals surface area contributed by atoms with E-state index in [1.165, 1.54) is 11.0 Å². The molecule has 13 nitrogen and oxygen atoms in total. The van der Waals surface area contributed by atoms with Crippen molar-refractivity contribution in [1.82, 2.24) is 20.3 Å². The first kappa shape index (κ1) is 30.0. The van der Waals surface area contributed by atoms with Crippen LogP contribution < -0.4 is 15.4 Å². The smallest absolute Gasteiger partial charge is 0.407 e. The van der Waals surface area contributed by atoms with E-state index in [4.69, 9.17) is 9.57 Å². The summed E-state index contributed by atoms with van der Waals surface area (Å²) in [5.41, 5.74) is 2.94. The number of hydrogen-bond acceptors (Lipinski definition) is 9. The minimum Gasteiger partial charge on any atom is -0.449 e. The van der Waals surface area contributed by atoms with Crippen molar-refractivity contribution in [3.63, 3.8) is 0 Å². The molecule has 2 saturated carbocycles. The number of carbonyl (C=O) groups is 4. The Labute approximate surface area is 265 Å². The second-order valence-corrected chi connectivity index (χ2v) is 14.3. The van der Waals surface area contributed by atoms with E-state index < -0.39 is 68.7 Å². The van der Waals surface area contributed by atoms with Gasteiger partial charge in [0.2, 0.25) is 21.8 Å². The first-order chi connectivity index (χ1) is 22.1. The van der Waals surface area contributed by atoms with Crippen LogP contribution >= 0.6 is 0 Å². The number of ether oxygens (including phenoxy) is 1. The van der Waals surface area contributed by atoms with Crippen LogP contribution in [0.25, 0.3) is 11.1 Å². The molecule has 0 unspecified atom stereocenters. The van der Waals surface area contributed by atoms with Crippen LogP contribution in [0.5, 0.6) is 0 Å². The fourth-order valence-corrected chi connectivity index (χ4v) is 7.88. The molecule has 4 amide bonds. The van der Waals surface area contributed by atoms with Gasteiger partial charge in [-0.1, -0.05) is 59.8 Å². The number of hydrogen-bond donors (Lipinski definition) is 3. The molecule has 2 aromatic rings. The third-order valence-electron chi connectivity index (χ3n) is 9.27. The van der Waals surface area contributed by atoms with Gasteiger partial charge in [0.15, 0.2) is 0 Å². The maximum atomic E-state index is 13.9. The third kappa shape index (κ3) is 5.29. The predicted molar refractivity (Wildman–Crippen MR) is 165 cm³/mol. The average Bonchev–Trinajstić information content (AvgIpc) is 3.96. The lowest BCUT2D eigenvalue weighted by molar-refractivity contribution is -0.141. The average molecular weight is 648 g/mol. The Kier molecular flexibility index (Phi) is 7.34. The van der Waals surface area contributed by atoms with Crippen molar-refractivity contribution in [2.75, 3.05) is 13.2 Å². The number of alkyl carbamates (subject to hydrolysis) is 1. The van der Waals surface area contributed by atoms with Crippen molar-refractivity contribution in [2.24, 2.45) is 11.1 Å². The molecule has 46 heavy (non-hydrogen) atoms. The summed E-state index contributed by atoms with van der Waals surface area (Å²) >= 11 is 0. The zero-order valence-corrected chi connectivity index (χ0v) is 25.6. The van der Waals surface area contributed by atoms with E-state index in [1.54, 1.807) is 0 Å². The van der Waals surface area contributed by atoms with Gasteiger partial charge in [-0.25, -0.2) is 13.2 Å². The molecule has 0 spiro atoms. The Bertz CT molecular complexity index is 1740. The molecule has 0 radical (unpaired) electrons. The van der Waals surface area contributed by atoms with Gasteiger partial charge in [0.05, 0.1) is 18.4 Å². The maximum absolute atomic E-state index is 13.9. The molecule has 0 bridgehead atoms. The van der Waals surface area contributed by atoms with Crippen LogP contribution in [0.15, 0.2) is 66.3 Å². The maximum Gasteiger partial charge on any atom is 0.407 e. The second-order valence-electron chi connectivity index (χ2n) is 12.3. The lowest BCUT2D eigenvalue weighted by Gasteiger charge is -2.31. The van der Waals surface area contributed by atoms with E-state index >= 15 is 0 Å². The summed E-state index contributed by atoms with van der Waals surface area (Å²) in [5, 5.41) is 9.15. The van der Waals surface area contributed by atoms with Gasteiger partial charge in [-0.3, -0.25) is 19.1 Å². The number of carbonyl (C=O) groups excluding carboxylic acids is 4. The van der Waals surface area contributed by atoms with Gasteiger partial charge in [0.1, 0.15) is 29.4 Å². The highest BCUT2D eigenvalue weighted by molar-refractivity contribution is 7.91. The molecule has 5 atom stereocenters. The number of amides is 4. The van der Waals surface area contributed by atoms with E-state index in [-0.39, 0.29) is 32.4 Å². The normalized spacial score (nSPS) is 27.8. The molecule has 2 saturated heterocycles. The van der Waals surface area contributed by atoms with E-state index in [0.717, 1.165) is 22.3 Å². The fourth-order valence-electron chi connectivity index (χ4n) is 6.52. The molecule has 3 N–H and O–H groups in total. The second kappa shape index (κ2) is 11.3. The van der Waals surface area contributed by atoms with Crippen LogP contribution in [0.2, 0.25) is 0 Å². The van der Waals surface area contributed by atoms with Gasteiger partial charge in [0.25, 0.3) is 5.91 Å². The van der Waals surface area contributed by atoms with Gasteiger partial charge in [-0.2, -0.15) is 0 Å². The van der Waals surface area contributed by atoms with E-state index in [0.29, 0.717) is 18.6 Å². The van der Waals surface area contributed by atoms with Crippen LogP contribution in [-0.4, -0.2) is 85.0 Å². The van der Waals surface area contributed by atoms with Crippen LogP contribution in [0.1, 0.15) is 43.2 Å². The van der Waals surface area contributed by atoms with Crippen LogP contribution in [0.3, 0.4) is 0 Å². The van der Waals surface area contributed by atoms with E-state index in [9.17, 15) is 27.6 Å². The number of fused-ring (bicyclic) bond motifs is 3. The van der Waals surface area contributed by atoms with Crippen molar-refractivity contribution in [3.05, 3.63) is 72.3 Å². The highest BCUT2D eigenvalue weighted by Gasteiger charge is 2.62. The Morgan fingerprint density at radius 2 is 1.70 bits per heavy atom. The highest BCUT2D eigenvalue weighted by Crippen LogP contribution is 2.45. The summed E-state index contributed by atoms with van der Waals surface area (Å²) in [6.45, 7) is 3.77. The van der Waals surface area contributed by atoms with Gasteiger partial charge in [-0.15, -0.1) is 6.58 Å². The summed E-state index contributed by atoms with van der Waals surface area (Å²) in [6.07, 6.45) is 1.43. The topological polar surface area (TPSA) is 173 Å². The molecule has 3 aliphatic carbocycles. The molecule has 2 aromatic carbocycles. The number of nitrogens with zero attached hydrogens (tertiary/aromatic N) is 2. The zero-order chi connectivity index (χ0) is 32.2. The molecule has 14 heteroatoms. The van der Waals surface area contributed by atoms with Crippen molar-refractivity contribution >= 4 is 39.5 Å². The molecular formula is C32H33N5O8S. The Hall–Kier alpha value is -4.72. The quantitative estimate of drug-likeness (QED) is 0.232. The summed E-state index contributed by atoms with van der Waals surface area (Å²) in [6, 6.07) is 13.6. The molecular weight excluding hydrogens is 614 g/mol. The van der Waals surface area contributed by atoms with Crippen molar-refractivity contribution in [1.29, 1.82) is 0 Å². The predicted octanol–water partition coefficient (Wildman–Crippen LogP) is 1.57. The Balaban J connectivity index is 1.13. The first-order valence-electron chi connectivity index (χ1n) is 15.3. The number of benzene rings is 2. The first-order valence-corrected chi connectivity index (χ1v) is 16.8. The third-order valence-corrected chi connectivity index (χ3v) is 11.1. The molecule has 0 aromatic heterocycles. The van der Waals surface area contributed by atoms with Gasteiger partial charge in [-0.05, 0) is 30.4 Å². The van der Waals surface area contributed by atoms with Crippen LogP contribution in [-0.2, 0) is 34.0 Å². The van der Waals surface area contributed by atoms with Gasteiger partial charge >= 0.3 is 6.09 Å². The lowest BCUT2D eigenvalue weighted by atomic mass is 10.1. The number of oxime groups is 1. The van der Waals surface area contributed by atoms with Crippen molar-refractivity contribution in [3.8, 4) is 11.1 Å². The molecule has 5 aliphatic rings. The van der Waals surface area contributed by atoms with Crippen LogP contribution in [0.4, 0.5) is 4.79 Å². The number of likely N-dealkylation sites (tertiary alicyclic amines) is 1. The fraction of sp³-hybridized carbons (Fsp3) is 0.406. The lowest BCUT2D eigenvalue weighted by Crippen LogP contribution is -2.59. The molecule has 240 valence electrons. The number of rotatable bonds is 9.